The fourth-order valence-corrected chi connectivity index (χ4v) is 3.15. The molecule has 1 N–H and O–H groups in total. The van der Waals surface area contributed by atoms with E-state index in [1.54, 1.807) is 12.1 Å². The lowest BCUT2D eigenvalue weighted by Gasteiger charge is -2.31. The summed E-state index contributed by atoms with van der Waals surface area (Å²) in [6, 6.07) is 5.02. The van der Waals surface area contributed by atoms with Crippen molar-refractivity contribution in [2.45, 2.75) is 45.1 Å². The van der Waals surface area contributed by atoms with E-state index in [1.165, 1.54) is 21.7 Å². The summed E-state index contributed by atoms with van der Waals surface area (Å²) in [5, 5.41) is 13.6. The molecular formula is C18H21FN4O3. The van der Waals surface area contributed by atoms with Crippen molar-refractivity contribution in [2.75, 3.05) is 6.54 Å². The zero-order chi connectivity index (χ0) is 18.8. The maximum absolute atomic E-state index is 13.6. The molecule has 1 saturated heterocycles. The summed E-state index contributed by atoms with van der Waals surface area (Å²) in [4.78, 5) is 30.0. The van der Waals surface area contributed by atoms with Gasteiger partial charge in [0.2, 0.25) is 5.82 Å². The van der Waals surface area contributed by atoms with Crippen LogP contribution in [-0.2, 0) is 4.79 Å². The van der Waals surface area contributed by atoms with Crippen LogP contribution in [0.3, 0.4) is 0 Å². The number of carbonyl (C=O) groups excluding carboxylic acids is 1. The highest BCUT2D eigenvalue weighted by molar-refractivity contribution is 5.93. The molecule has 1 amide bonds. The number of rotatable bonds is 4. The molecule has 8 heteroatoms. The Balaban J connectivity index is 1.99. The quantitative estimate of drug-likeness (QED) is 0.905. The normalized spacial score (nSPS) is 17.5. The number of piperidine rings is 1. The number of halogens is 1. The Morgan fingerprint density at radius 2 is 2.08 bits per heavy atom. The van der Waals surface area contributed by atoms with Crippen molar-refractivity contribution in [3.05, 3.63) is 41.7 Å². The maximum atomic E-state index is 13.6. The Labute approximate surface area is 150 Å². The van der Waals surface area contributed by atoms with Crippen LogP contribution in [0.25, 0.3) is 5.69 Å². The minimum atomic E-state index is -1.02. The standard InChI is InChI=1S/C18H21FN4O3/c1-11(2)16-20-15(21-23(16)13-7-5-6-12(19)10-13)17(24)22-9-4-3-8-14(22)18(25)26/h5-7,10-11,14H,3-4,8-9H2,1-2H3,(H,25,26)/t14-/m1/s1. The lowest BCUT2D eigenvalue weighted by atomic mass is 10.0. The molecule has 2 aromatic rings. The first kappa shape index (κ1) is 18.0. The summed E-state index contributed by atoms with van der Waals surface area (Å²) in [6.45, 7) is 4.16. The number of aliphatic carboxylic acids is 1. The fourth-order valence-electron chi connectivity index (χ4n) is 3.15. The number of carbonyl (C=O) groups is 2. The zero-order valence-electron chi connectivity index (χ0n) is 14.7. The smallest absolute Gasteiger partial charge is 0.326 e. The summed E-state index contributed by atoms with van der Waals surface area (Å²) in [5.74, 6) is -1.54. The number of hydrogen-bond donors (Lipinski definition) is 1. The van der Waals surface area contributed by atoms with E-state index in [1.807, 2.05) is 13.8 Å². The molecule has 0 aliphatic carbocycles. The topological polar surface area (TPSA) is 88.3 Å². The van der Waals surface area contributed by atoms with Crippen molar-refractivity contribution in [3.8, 4) is 5.69 Å². The highest BCUT2D eigenvalue weighted by Crippen LogP contribution is 2.22. The first-order valence-corrected chi connectivity index (χ1v) is 8.65. The second-order valence-electron chi connectivity index (χ2n) is 6.69. The van der Waals surface area contributed by atoms with Crippen molar-refractivity contribution in [3.63, 3.8) is 0 Å². The number of benzene rings is 1. The Morgan fingerprint density at radius 1 is 1.31 bits per heavy atom. The first-order valence-electron chi connectivity index (χ1n) is 8.65. The highest BCUT2D eigenvalue weighted by Gasteiger charge is 2.34. The Bertz CT molecular complexity index is 834. The van der Waals surface area contributed by atoms with E-state index in [0.29, 0.717) is 24.5 Å². The molecule has 0 spiro atoms. The molecule has 1 atom stereocenters. The average molecular weight is 360 g/mol. The second kappa shape index (κ2) is 7.23. The van der Waals surface area contributed by atoms with Crippen LogP contribution >= 0.6 is 0 Å². The van der Waals surface area contributed by atoms with Gasteiger partial charge in [0.25, 0.3) is 5.91 Å². The maximum Gasteiger partial charge on any atom is 0.326 e. The third kappa shape index (κ3) is 3.44. The predicted molar refractivity (Wildman–Crippen MR) is 91.7 cm³/mol. The van der Waals surface area contributed by atoms with Gasteiger partial charge in [-0.1, -0.05) is 19.9 Å². The third-order valence-corrected chi connectivity index (χ3v) is 4.44. The molecule has 7 nitrogen and oxygen atoms in total. The zero-order valence-corrected chi connectivity index (χ0v) is 14.7. The fraction of sp³-hybridized carbons (Fsp3) is 0.444. The number of likely N-dealkylation sites (tertiary alicyclic amines) is 1. The summed E-state index contributed by atoms with van der Waals surface area (Å²) < 4.78 is 15.0. The van der Waals surface area contributed by atoms with E-state index in [4.69, 9.17) is 0 Å². The van der Waals surface area contributed by atoms with Crippen LogP contribution in [0.1, 0.15) is 55.5 Å². The largest absolute Gasteiger partial charge is 0.480 e. The van der Waals surface area contributed by atoms with E-state index in [0.717, 1.165) is 12.8 Å². The Hall–Kier alpha value is -2.77. The van der Waals surface area contributed by atoms with Gasteiger partial charge in [0.15, 0.2) is 0 Å². The van der Waals surface area contributed by atoms with Gasteiger partial charge < -0.3 is 10.0 Å². The van der Waals surface area contributed by atoms with Crippen LogP contribution in [0.5, 0.6) is 0 Å². The molecule has 0 radical (unpaired) electrons. The highest BCUT2D eigenvalue weighted by atomic mass is 19.1. The Morgan fingerprint density at radius 3 is 2.73 bits per heavy atom. The molecule has 138 valence electrons. The van der Waals surface area contributed by atoms with Crippen LogP contribution < -0.4 is 0 Å². The lowest BCUT2D eigenvalue weighted by Crippen LogP contribution is -2.48. The second-order valence-corrected chi connectivity index (χ2v) is 6.69. The Kier molecular flexibility index (Phi) is 5.01. The molecule has 1 aromatic heterocycles. The molecule has 1 aromatic carbocycles. The summed E-state index contributed by atoms with van der Waals surface area (Å²) in [5.41, 5.74) is 0.466. The van der Waals surface area contributed by atoms with Gasteiger partial charge in [-0.2, -0.15) is 0 Å². The molecular weight excluding hydrogens is 339 g/mol. The van der Waals surface area contributed by atoms with Crippen molar-refractivity contribution in [1.82, 2.24) is 19.7 Å². The number of nitrogens with zero attached hydrogens (tertiary/aromatic N) is 4. The van der Waals surface area contributed by atoms with Crippen LogP contribution in [0, 0.1) is 5.82 Å². The molecule has 1 fully saturated rings. The lowest BCUT2D eigenvalue weighted by molar-refractivity contribution is -0.143. The van der Waals surface area contributed by atoms with Crippen LogP contribution in [-0.4, -0.2) is 49.2 Å². The molecule has 0 unspecified atom stereocenters. The van der Waals surface area contributed by atoms with Gasteiger partial charge in [0, 0.05) is 12.5 Å². The summed E-state index contributed by atoms with van der Waals surface area (Å²) in [6.07, 6.45) is 1.93. The minimum Gasteiger partial charge on any atom is -0.480 e. The predicted octanol–water partition coefficient (Wildman–Crippen LogP) is 2.61. The van der Waals surface area contributed by atoms with Crippen LogP contribution in [0.4, 0.5) is 4.39 Å². The molecule has 0 saturated carbocycles. The molecule has 26 heavy (non-hydrogen) atoms. The SMILES string of the molecule is CC(C)c1nc(C(=O)N2CCCC[C@@H]2C(=O)O)nn1-c1cccc(F)c1. The van der Waals surface area contributed by atoms with Gasteiger partial charge >= 0.3 is 5.97 Å². The van der Waals surface area contributed by atoms with Gasteiger partial charge in [0.05, 0.1) is 5.69 Å². The summed E-state index contributed by atoms with van der Waals surface area (Å²) in [7, 11) is 0. The van der Waals surface area contributed by atoms with Gasteiger partial charge in [0.1, 0.15) is 17.7 Å². The number of aromatic nitrogens is 3. The molecule has 1 aliphatic rings. The third-order valence-electron chi connectivity index (χ3n) is 4.44. The van der Waals surface area contributed by atoms with Crippen molar-refractivity contribution in [1.29, 1.82) is 0 Å². The van der Waals surface area contributed by atoms with Gasteiger partial charge in [-0.05, 0) is 37.5 Å². The van der Waals surface area contributed by atoms with Gasteiger partial charge in [-0.25, -0.2) is 18.9 Å². The molecule has 1 aliphatic heterocycles. The summed E-state index contributed by atoms with van der Waals surface area (Å²) >= 11 is 0. The minimum absolute atomic E-state index is 0.0519. The number of carboxylic acid groups (broad SMARTS) is 1. The number of hydrogen-bond acceptors (Lipinski definition) is 4. The van der Waals surface area contributed by atoms with Crippen molar-refractivity contribution in [2.24, 2.45) is 0 Å². The molecule has 0 bridgehead atoms. The van der Waals surface area contributed by atoms with Gasteiger partial charge in [-0.15, -0.1) is 5.10 Å². The van der Waals surface area contributed by atoms with E-state index in [2.05, 4.69) is 10.1 Å². The number of amides is 1. The average Bonchev–Trinajstić information content (AvgIpc) is 3.07. The van der Waals surface area contributed by atoms with Crippen LogP contribution in [0.15, 0.2) is 24.3 Å². The van der Waals surface area contributed by atoms with Crippen LogP contribution in [0.2, 0.25) is 0 Å². The van der Waals surface area contributed by atoms with E-state index < -0.39 is 23.7 Å². The molecule has 2 heterocycles. The van der Waals surface area contributed by atoms with Gasteiger partial charge in [-0.3, -0.25) is 4.79 Å². The number of carboxylic acids is 1. The van der Waals surface area contributed by atoms with E-state index in [-0.39, 0.29) is 11.7 Å². The van der Waals surface area contributed by atoms with E-state index >= 15 is 0 Å². The monoisotopic (exact) mass is 360 g/mol. The first-order chi connectivity index (χ1) is 12.4. The molecule has 3 rings (SSSR count). The van der Waals surface area contributed by atoms with Crippen molar-refractivity contribution >= 4 is 11.9 Å². The van der Waals surface area contributed by atoms with Crippen molar-refractivity contribution < 1.29 is 19.1 Å². The van der Waals surface area contributed by atoms with E-state index in [9.17, 15) is 19.1 Å².